The highest BCUT2D eigenvalue weighted by Crippen LogP contribution is 2.34. The number of fused-ring (bicyclic) bond motifs is 2. The maximum Gasteiger partial charge on any atom is 0.410 e. The lowest BCUT2D eigenvalue weighted by Gasteiger charge is -2.47. The molecule has 0 N–H and O–H groups in total. The fraction of sp³-hybridized carbons (Fsp3) is 0.409. The van der Waals surface area contributed by atoms with E-state index in [4.69, 9.17) is 9.47 Å². The lowest BCUT2D eigenvalue weighted by atomic mass is 9.80. The first-order valence-electron chi connectivity index (χ1n) is 9.65. The number of carbonyl (C=O) groups excluding carboxylic acids is 2. The molecule has 2 bridgehead atoms. The number of carbonyl (C=O) groups is 2. The molecule has 2 saturated heterocycles. The summed E-state index contributed by atoms with van der Waals surface area (Å²) in [7, 11) is 0. The van der Waals surface area contributed by atoms with Crippen LogP contribution in [0.5, 0.6) is 0 Å². The highest BCUT2D eigenvalue weighted by molar-refractivity contribution is 5.99. The molecule has 3 heterocycles. The molecule has 2 unspecified atom stereocenters. The number of hydrogen-bond donors (Lipinski definition) is 0. The lowest BCUT2D eigenvalue weighted by molar-refractivity contribution is -0.0755. The second kappa shape index (κ2) is 8.10. The summed E-state index contributed by atoms with van der Waals surface area (Å²) in [5.74, 6) is -0.0141. The zero-order valence-corrected chi connectivity index (χ0v) is 15.9. The van der Waals surface area contributed by atoms with Gasteiger partial charge in [-0.2, -0.15) is 0 Å². The van der Waals surface area contributed by atoms with Crippen LogP contribution in [0.15, 0.2) is 48.8 Å². The molecule has 2 atom stereocenters. The van der Waals surface area contributed by atoms with Crippen LogP contribution in [0.4, 0.5) is 4.79 Å². The van der Waals surface area contributed by atoms with Crippen LogP contribution < -0.4 is 0 Å². The summed E-state index contributed by atoms with van der Waals surface area (Å²) in [6, 6.07) is 11.2. The van der Waals surface area contributed by atoms with Crippen molar-refractivity contribution in [3.8, 4) is 0 Å². The summed E-state index contributed by atoms with van der Waals surface area (Å²) in [5, 5.41) is 0. The van der Waals surface area contributed by atoms with Crippen LogP contribution in [0, 0.1) is 12.8 Å². The molecule has 0 spiro atoms. The minimum absolute atomic E-state index is 0.111. The molecule has 1 aromatic heterocycles. The van der Waals surface area contributed by atoms with Crippen molar-refractivity contribution >= 4 is 11.9 Å². The van der Waals surface area contributed by atoms with Crippen molar-refractivity contribution in [3.05, 3.63) is 65.5 Å². The number of ketones is 1. The van der Waals surface area contributed by atoms with Gasteiger partial charge in [0.15, 0.2) is 5.78 Å². The molecule has 0 aliphatic carbocycles. The van der Waals surface area contributed by atoms with Gasteiger partial charge in [-0.25, -0.2) is 4.79 Å². The summed E-state index contributed by atoms with van der Waals surface area (Å²) in [6.45, 7) is 3.04. The normalized spacial score (nSPS) is 23.9. The van der Waals surface area contributed by atoms with E-state index in [1.807, 2.05) is 43.3 Å². The van der Waals surface area contributed by atoms with Crippen LogP contribution in [0.1, 0.15) is 34.3 Å². The number of morpholine rings is 1. The van der Waals surface area contributed by atoms with Crippen LogP contribution in [-0.4, -0.2) is 47.1 Å². The lowest BCUT2D eigenvalue weighted by Crippen LogP contribution is -2.59. The van der Waals surface area contributed by atoms with Gasteiger partial charge in [-0.1, -0.05) is 30.3 Å². The molecule has 0 saturated carbocycles. The molecule has 2 aliphatic rings. The summed E-state index contributed by atoms with van der Waals surface area (Å²) in [4.78, 5) is 31.6. The smallest absolute Gasteiger partial charge is 0.410 e. The predicted molar refractivity (Wildman–Crippen MR) is 103 cm³/mol. The van der Waals surface area contributed by atoms with Gasteiger partial charge >= 0.3 is 6.09 Å². The van der Waals surface area contributed by atoms with E-state index in [1.54, 1.807) is 17.3 Å². The highest BCUT2D eigenvalue weighted by atomic mass is 16.6. The molecule has 0 radical (unpaired) electrons. The van der Waals surface area contributed by atoms with Gasteiger partial charge in [0.05, 0.1) is 25.3 Å². The Morgan fingerprint density at radius 1 is 1.14 bits per heavy atom. The molecule has 28 heavy (non-hydrogen) atoms. The number of amides is 1. The SMILES string of the molecule is Cc1ccncc1C(=O)C1CC2COCC(C1)N2C(=O)OCc1ccccc1. The van der Waals surface area contributed by atoms with Crippen molar-refractivity contribution in [2.45, 2.75) is 38.5 Å². The monoisotopic (exact) mass is 380 g/mol. The standard InChI is InChI=1S/C22H24N2O4/c1-15-7-8-23-11-20(15)21(25)17-9-18-13-27-14-19(10-17)24(18)22(26)28-12-16-5-3-2-4-6-16/h2-8,11,17-19H,9-10,12-14H2,1H3. The Morgan fingerprint density at radius 2 is 1.86 bits per heavy atom. The molecule has 2 fully saturated rings. The second-order valence-electron chi connectivity index (χ2n) is 7.52. The van der Waals surface area contributed by atoms with E-state index in [-0.39, 0.29) is 36.5 Å². The van der Waals surface area contributed by atoms with Crippen molar-refractivity contribution in [1.29, 1.82) is 0 Å². The van der Waals surface area contributed by atoms with Gasteiger partial charge in [-0.05, 0) is 37.0 Å². The number of nitrogens with zero attached hydrogens (tertiary/aromatic N) is 2. The van der Waals surface area contributed by atoms with Crippen LogP contribution in [0.25, 0.3) is 0 Å². The summed E-state index contributed by atoms with van der Waals surface area (Å²) >= 11 is 0. The minimum atomic E-state index is -0.328. The molecular weight excluding hydrogens is 356 g/mol. The molecule has 6 heteroatoms. The molecular formula is C22H24N2O4. The molecule has 146 valence electrons. The van der Waals surface area contributed by atoms with Crippen LogP contribution in [-0.2, 0) is 16.1 Å². The maximum atomic E-state index is 13.0. The number of Topliss-reactive ketones (excluding diaryl/α,β-unsaturated/α-hetero) is 1. The Morgan fingerprint density at radius 3 is 2.54 bits per heavy atom. The average Bonchev–Trinajstić information content (AvgIpc) is 2.71. The van der Waals surface area contributed by atoms with Gasteiger partial charge in [0.1, 0.15) is 6.61 Å². The fourth-order valence-corrected chi connectivity index (χ4v) is 4.16. The van der Waals surface area contributed by atoms with E-state index >= 15 is 0 Å². The largest absolute Gasteiger partial charge is 0.445 e. The molecule has 2 aromatic rings. The summed E-state index contributed by atoms with van der Waals surface area (Å²) in [6.07, 6.45) is 4.18. The second-order valence-corrected chi connectivity index (χ2v) is 7.52. The van der Waals surface area contributed by atoms with E-state index in [9.17, 15) is 9.59 Å². The Kier molecular flexibility index (Phi) is 5.39. The van der Waals surface area contributed by atoms with Gasteiger partial charge in [0, 0.05) is 23.9 Å². The van der Waals surface area contributed by atoms with Crippen molar-refractivity contribution in [1.82, 2.24) is 9.88 Å². The number of piperidine rings is 1. The van der Waals surface area contributed by atoms with Crippen LogP contribution >= 0.6 is 0 Å². The van der Waals surface area contributed by atoms with Gasteiger partial charge in [0.2, 0.25) is 0 Å². The van der Waals surface area contributed by atoms with Gasteiger partial charge in [-0.3, -0.25) is 14.7 Å². The molecule has 2 aliphatic heterocycles. The quantitative estimate of drug-likeness (QED) is 0.761. The third-order valence-corrected chi connectivity index (χ3v) is 5.61. The molecule has 1 amide bonds. The first kappa shape index (κ1) is 18.6. The molecule has 4 rings (SSSR count). The minimum Gasteiger partial charge on any atom is -0.445 e. The highest BCUT2D eigenvalue weighted by Gasteiger charge is 2.44. The number of aryl methyl sites for hydroxylation is 1. The summed E-state index contributed by atoms with van der Waals surface area (Å²) < 4.78 is 11.2. The van der Waals surface area contributed by atoms with Gasteiger partial charge < -0.3 is 9.47 Å². The average molecular weight is 380 g/mol. The summed E-state index contributed by atoms with van der Waals surface area (Å²) in [5.41, 5.74) is 2.56. The third-order valence-electron chi connectivity index (χ3n) is 5.61. The van der Waals surface area contributed by atoms with E-state index in [1.165, 1.54) is 0 Å². The number of aromatic nitrogens is 1. The first-order chi connectivity index (χ1) is 13.6. The van der Waals surface area contributed by atoms with E-state index in [0.29, 0.717) is 31.6 Å². The zero-order chi connectivity index (χ0) is 19.5. The fourth-order valence-electron chi connectivity index (χ4n) is 4.16. The molecule has 1 aromatic carbocycles. The Hall–Kier alpha value is -2.73. The number of pyridine rings is 1. The van der Waals surface area contributed by atoms with Crippen LogP contribution in [0.3, 0.4) is 0 Å². The van der Waals surface area contributed by atoms with Gasteiger partial charge in [0.25, 0.3) is 0 Å². The third kappa shape index (κ3) is 3.78. The Labute approximate surface area is 164 Å². The predicted octanol–water partition coefficient (Wildman–Crippen LogP) is 3.39. The maximum absolute atomic E-state index is 13.0. The van der Waals surface area contributed by atoms with E-state index < -0.39 is 0 Å². The Balaban J connectivity index is 1.44. The van der Waals surface area contributed by atoms with Crippen molar-refractivity contribution in [3.63, 3.8) is 0 Å². The molecule has 6 nitrogen and oxygen atoms in total. The van der Waals surface area contributed by atoms with Crippen molar-refractivity contribution in [2.75, 3.05) is 13.2 Å². The number of ether oxygens (including phenoxy) is 2. The Bertz CT molecular complexity index is 841. The number of benzene rings is 1. The van der Waals surface area contributed by atoms with Crippen molar-refractivity contribution < 1.29 is 19.1 Å². The first-order valence-corrected chi connectivity index (χ1v) is 9.65. The van der Waals surface area contributed by atoms with E-state index in [0.717, 1.165) is 11.1 Å². The van der Waals surface area contributed by atoms with E-state index in [2.05, 4.69) is 4.98 Å². The number of hydrogen-bond acceptors (Lipinski definition) is 5. The van der Waals surface area contributed by atoms with Crippen LogP contribution in [0.2, 0.25) is 0 Å². The number of rotatable bonds is 4. The zero-order valence-electron chi connectivity index (χ0n) is 15.9. The van der Waals surface area contributed by atoms with Crippen molar-refractivity contribution in [2.24, 2.45) is 5.92 Å². The topological polar surface area (TPSA) is 68.7 Å². The van der Waals surface area contributed by atoms with Gasteiger partial charge in [-0.15, -0.1) is 0 Å².